The van der Waals surface area contributed by atoms with E-state index in [0.29, 0.717) is 5.56 Å². The van der Waals surface area contributed by atoms with Crippen LogP contribution in [0.1, 0.15) is 11.6 Å². The van der Waals surface area contributed by atoms with Gasteiger partial charge in [-0.15, -0.1) is 11.6 Å². The second kappa shape index (κ2) is 7.55. The molecule has 1 aromatic rings. The highest BCUT2D eigenvalue weighted by Crippen LogP contribution is 2.14. The fourth-order valence-electron chi connectivity index (χ4n) is 1.33. The summed E-state index contributed by atoms with van der Waals surface area (Å²) in [5, 5.41) is 2.42. The maximum Gasteiger partial charge on any atom is 0.408 e. The molecule has 0 bridgehead atoms. The molecule has 0 aromatic heterocycles. The number of methoxy groups -OCH3 is 1. The van der Waals surface area contributed by atoms with Crippen LogP contribution in [0.25, 0.3) is 0 Å². The van der Waals surface area contributed by atoms with Crippen LogP contribution >= 0.6 is 11.6 Å². The van der Waals surface area contributed by atoms with Crippen LogP contribution in [-0.4, -0.2) is 31.7 Å². The zero-order valence-corrected chi connectivity index (χ0v) is 10.6. The Morgan fingerprint density at radius 2 is 2.00 bits per heavy atom. The summed E-state index contributed by atoms with van der Waals surface area (Å²) in [5.74, 6) is -0.370. The van der Waals surface area contributed by atoms with Gasteiger partial charge in [-0.3, -0.25) is 0 Å². The molecule has 0 fully saturated rings. The summed E-state index contributed by atoms with van der Waals surface area (Å²) >= 11 is 5.39. The second-order valence-corrected chi connectivity index (χ2v) is 3.71. The molecule has 0 aliphatic heterocycles. The second-order valence-electron chi connectivity index (χ2n) is 3.34. The Labute approximate surface area is 110 Å². The molecule has 98 valence electrons. The van der Waals surface area contributed by atoms with Gasteiger partial charge < -0.3 is 14.8 Å². The summed E-state index contributed by atoms with van der Waals surface area (Å²) in [6.45, 7) is 0.0794. The van der Waals surface area contributed by atoms with Crippen molar-refractivity contribution in [3.05, 3.63) is 35.9 Å². The van der Waals surface area contributed by atoms with E-state index in [9.17, 15) is 9.59 Å². The molecule has 1 aromatic carbocycles. The Kier molecular flexibility index (Phi) is 6.00. The first-order valence-corrected chi connectivity index (χ1v) is 5.84. The Morgan fingerprint density at radius 1 is 1.33 bits per heavy atom. The number of hydrogen-bond acceptors (Lipinski definition) is 4. The van der Waals surface area contributed by atoms with Crippen LogP contribution in [0.3, 0.4) is 0 Å². The topological polar surface area (TPSA) is 64.6 Å². The van der Waals surface area contributed by atoms with Crippen molar-refractivity contribution in [1.29, 1.82) is 0 Å². The van der Waals surface area contributed by atoms with Crippen LogP contribution in [0.2, 0.25) is 0 Å². The number of rotatable bonds is 5. The number of amides is 1. The monoisotopic (exact) mass is 271 g/mol. The number of carbonyl (C=O) groups excluding carboxylic acids is 2. The molecule has 0 saturated carbocycles. The number of esters is 1. The number of benzene rings is 1. The van der Waals surface area contributed by atoms with Gasteiger partial charge in [-0.2, -0.15) is 0 Å². The smallest absolute Gasteiger partial charge is 0.408 e. The largest absolute Gasteiger partial charge is 0.467 e. The van der Waals surface area contributed by atoms with E-state index in [4.69, 9.17) is 16.3 Å². The molecular weight excluding hydrogens is 258 g/mol. The summed E-state index contributed by atoms with van der Waals surface area (Å²) in [6, 6.07) is 7.86. The summed E-state index contributed by atoms with van der Waals surface area (Å²) in [7, 11) is 1.25. The maximum absolute atomic E-state index is 11.6. The van der Waals surface area contributed by atoms with Crippen molar-refractivity contribution in [2.75, 3.05) is 19.6 Å². The van der Waals surface area contributed by atoms with Gasteiger partial charge in [0.25, 0.3) is 0 Å². The van der Waals surface area contributed by atoms with Crippen molar-refractivity contribution in [3.63, 3.8) is 0 Å². The third-order valence-electron chi connectivity index (χ3n) is 2.14. The van der Waals surface area contributed by atoms with Gasteiger partial charge in [0, 0.05) is 0 Å². The highest BCUT2D eigenvalue weighted by Gasteiger charge is 2.23. The molecule has 0 radical (unpaired) electrons. The summed E-state index contributed by atoms with van der Waals surface area (Å²) < 4.78 is 9.38. The number of halogens is 1. The maximum atomic E-state index is 11.6. The molecule has 1 unspecified atom stereocenters. The number of ether oxygens (including phenoxy) is 2. The van der Waals surface area contributed by atoms with E-state index in [1.165, 1.54) is 7.11 Å². The zero-order valence-electron chi connectivity index (χ0n) is 9.89. The lowest BCUT2D eigenvalue weighted by Gasteiger charge is -2.16. The Balaban J connectivity index is 2.74. The first-order chi connectivity index (χ1) is 8.69. The average molecular weight is 272 g/mol. The molecule has 0 aliphatic carbocycles. The first kappa shape index (κ1) is 14.3. The summed E-state index contributed by atoms with van der Waals surface area (Å²) in [4.78, 5) is 23.0. The van der Waals surface area contributed by atoms with Crippen molar-refractivity contribution in [2.24, 2.45) is 0 Å². The lowest BCUT2D eigenvalue weighted by Crippen LogP contribution is -2.35. The van der Waals surface area contributed by atoms with Gasteiger partial charge in [-0.05, 0) is 5.56 Å². The normalized spacial score (nSPS) is 11.4. The van der Waals surface area contributed by atoms with E-state index in [0.717, 1.165) is 0 Å². The van der Waals surface area contributed by atoms with E-state index in [1.807, 2.05) is 6.07 Å². The molecule has 6 heteroatoms. The van der Waals surface area contributed by atoms with Crippen LogP contribution < -0.4 is 5.32 Å². The molecular formula is C12H14ClNO4. The van der Waals surface area contributed by atoms with Gasteiger partial charge in [-0.25, -0.2) is 9.59 Å². The van der Waals surface area contributed by atoms with Crippen LogP contribution in [-0.2, 0) is 14.3 Å². The standard InChI is InChI=1S/C12H14ClNO4/c1-17-11(15)10(9-5-3-2-4-6-9)14-12(16)18-8-7-13/h2-6,10H,7-8H2,1H3,(H,14,16). The van der Waals surface area contributed by atoms with Crippen LogP contribution in [0.4, 0.5) is 4.79 Å². The molecule has 0 heterocycles. The highest BCUT2D eigenvalue weighted by atomic mass is 35.5. The number of nitrogens with one attached hydrogen (secondary N) is 1. The summed E-state index contributed by atoms with van der Waals surface area (Å²) in [5.41, 5.74) is 0.618. The number of carbonyl (C=O) groups is 2. The van der Waals surface area contributed by atoms with Gasteiger partial charge in [0.15, 0.2) is 6.04 Å². The number of alkyl carbamates (subject to hydrolysis) is 1. The molecule has 0 spiro atoms. The molecule has 5 nitrogen and oxygen atoms in total. The SMILES string of the molecule is COC(=O)C(NC(=O)OCCCl)c1ccccc1. The predicted molar refractivity (Wildman–Crippen MR) is 66.4 cm³/mol. The fraction of sp³-hybridized carbons (Fsp3) is 0.333. The van der Waals surface area contributed by atoms with E-state index < -0.39 is 18.1 Å². The summed E-state index contributed by atoms with van der Waals surface area (Å²) in [6.07, 6.45) is -0.713. The molecule has 1 rings (SSSR count). The van der Waals surface area contributed by atoms with Crippen molar-refractivity contribution >= 4 is 23.7 Å². The van der Waals surface area contributed by atoms with Gasteiger partial charge >= 0.3 is 12.1 Å². The highest BCUT2D eigenvalue weighted by molar-refractivity contribution is 6.18. The Bertz CT molecular complexity index is 396. The van der Waals surface area contributed by atoms with Gasteiger partial charge in [-0.1, -0.05) is 30.3 Å². The molecule has 1 amide bonds. The molecule has 0 aliphatic rings. The zero-order chi connectivity index (χ0) is 13.4. The fourth-order valence-corrected chi connectivity index (χ4v) is 1.41. The van der Waals surface area contributed by atoms with Crippen molar-refractivity contribution in [1.82, 2.24) is 5.32 Å². The van der Waals surface area contributed by atoms with Crippen molar-refractivity contribution in [2.45, 2.75) is 6.04 Å². The Hall–Kier alpha value is -1.75. The minimum Gasteiger partial charge on any atom is -0.467 e. The van der Waals surface area contributed by atoms with Crippen molar-refractivity contribution < 1.29 is 19.1 Å². The third-order valence-corrected chi connectivity index (χ3v) is 2.30. The molecule has 1 atom stereocenters. The van der Waals surface area contributed by atoms with E-state index in [-0.39, 0.29) is 12.5 Å². The lowest BCUT2D eigenvalue weighted by molar-refractivity contribution is -0.143. The average Bonchev–Trinajstić information content (AvgIpc) is 2.42. The van der Waals surface area contributed by atoms with E-state index in [1.54, 1.807) is 24.3 Å². The Morgan fingerprint density at radius 3 is 2.56 bits per heavy atom. The molecule has 18 heavy (non-hydrogen) atoms. The van der Waals surface area contributed by atoms with Crippen LogP contribution in [0.15, 0.2) is 30.3 Å². The van der Waals surface area contributed by atoms with Gasteiger partial charge in [0.2, 0.25) is 0 Å². The first-order valence-electron chi connectivity index (χ1n) is 5.31. The van der Waals surface area contributed by atoms with Crippen LogP contribution in [0, 0.1) is 0 Å². The molecule has 1 N–H and O–H groups in total. The van der Waals surface area contributed by atoms with Gasteiger partial charge in [0.1, 0.15) is 6.61 Å². The van der Waals surface area contributed by atoms with E-state index in [2.05, 4.69) is 10.1 Å². The predicted octanol–water partition coefficient (Wildman–Crippen LogP) is 1.87. The third kappa shape index (κ3) is 4.25. The van der Waals surface area contributed by atoms with E-state index >= 15 is 0 Å². The minimum atomic E-state index is -0.890. The number of alkyl halides is 1. The quantitative estimate of drug-likeness (QED) is 0.656. The molecule has 0 saturated heterocycles. The van der Waals surface area contributed by atoms with Crippen LogP contribution in [0.5, 0.6) is 0 Å². The minimum absolute atomic E-state index is 0.0794. The van der Waals surface area contributed by atoms with Gasteiger partial charge in [0.05, 0.1) is 13.0 Å². The number of hydrogen-bond donors (Lipinski definition) is 1. The lowest BCUT2D eigenvalue weighted by atomic mass is 10.1. The van der Waals surface area contributed by atoms with Crippen molar-refractivity contribution in [3.8, 4) is 0 Å².